The predicted octanol–water partition coefficient (Wildman–Crippen LogP) is 3.89. The molecule has 7 nitrogen and oxygen atoms in total. The molecule has 30 heavy (non-hydrogen) atoms. The molecule has 0 bridgehead atoms. The lowest BCUT2D eigenvalue weighted by Gasteiger charge is -2.36. The van der Waals surface area contributed by atoms with Gasteiger partial charge in [-0.25, -0.2) is 15.0 Å². The summed E-state index contributed by atoms with van der Waals surface area (Å²) < 4.78 is 5.61. The van der Waals surface area contributed by atoms with Crippen molar-refractivity contribution in [2.45, 2.75) is 26.8 Å². The average molecular weight is 403 g/mol. The van der Waals surface area contributed by atoms with Gasteiger partial charge in [0.2, 0.25) is 0 Å². The number of phenolic OH excluding ortho intramolecular Hbond substituents is 1. The number of benzene rings is 1. The number of hydrogen-bond acceptors (Lipinski definition) is 7. The third-order valence-corrected chi connectivity index (χ3v) is 5.75. The van der Waals surface area contributed by atoms with E-state index in [9.17, 15) is 5.11 Å². The molecule has 154 valence electrons. The maximum absolute atomic E-state index is 10.5. The number of fused-ring (bicyclic) bond motifs is 2. The summed E-state index contributed by atoms with van der Waals surface area (Å²) in [6.07, 6.45) is 0. The highest BCUT2D eigenvalue weighted by Gasteiger charge is 2.23. The van der Waals surface area contributed by atoms with E-state index in [2.05, 4.69) is 29.0 Å². The summed E-state index contributed by atoms with van der Waals surface area (Å²) in [7, 11) is 0. The van der Waals surface area contributed by atoms with Crippen LogP contribution < -0.4 is 10.2 Å². The zero-order chi connectivity index (χ0) is 20.8. The molecule has 0 amide bonds. The first-order chi connectivity index (χ1) is 14.5. The number of piperazine rings is 1. The Balaban J connectivity index is 1.48. The summed E-state index contributed by atoms with van der Waals surface area (Å²) in [4.78, 5) is 16.2. The molecule has 7 heteroatoms. The minimum atomic E-state index is 0.132. The van der Waals surface area contributed by atoms with Crippen LogP contribution in [0.25, 0.3) is 33.4 Å². The van der Waals surface area contributed by atoms with Gasteiger partial charge in [-0.15, -0.1) is 0 Å². The van der Waals surface area contributed by atoms with Crippen LogP contribution in [0.4, 0.5) is 5.82 Å². The summed E-state index contributed by atoms with van der Waals surface area (Å²) in [5.74, 6) is 2.26. The van der Waals surface area contributed by atoms with Crippen molar-refractivity contribution in [3.63, 3.8) is 0 Å². The monoisotopic (exact) mass is 403 g/mol. The van der Waals surface area contributed by atoms with Crippen LogP contribution in [0.3, 0.4) is 0 Å². The SMILES string of the molecule is Cc1nc2cc(O)c(-c3ccc4nc(N5CCN[C@@H](C(C)C)C5)ccc4n3)cc2o1. The second-order valence-electron chi connectivity index (χ2n) is 8.22. The minimum Gasteiger partial charge on any atom is -0.507 e. The lowest BCUT2D eigenvalue weighted by molar-refractivity contribution is 0.367. The molecular formula is C23H25N5O2. The molecule has 4 heterocycles. The molecule has 1 saturated heterocycles. The van der Waals surface area contributed by atoms with Crippen LogP contribution in [0.1, 0.15) is 19.7 Å². The van der Waals surface area contributed by atoms with Crippen LogP contribution in [-0.2, 0) is 0 Å². The van der Waals surface area contributed by atoms with Crippen molar-refractivity contribution in [1.29, 1.82) is 0 Å². The predicted molar refractivity (Wildman–Crippen MR) is 118 cm³/mol. The number of aromatic nitrogens is 3. The first-order valence-electron chi connectivity index (χ1n) is 10.3. The van der Waals surface area contributed by atoms with Crippen LogP contribution >= 0.6 is 0 Å². The van der Waals surface area contributed by atoms with E-state index in [1.54, 1.807) is 19.1 Å². The summed E-state index contributed by atoms with van der Waals surface area (Å²) in [5.41, 5.74) is 4.19. The summed E-state index contributed by atoms with van der Waals surface area (Å²) in [5, 5.41) is 14.1. The van der Waals surface area contributed by atoms with E-state index in [0.29, 0.717) is 40.2 Å². The number of oxazole rings is 1. The molecule has 0 spiro atoms. The Morgan fingerprint density at radius 2 is 1.87 bits per heavy atom. The topological polar surface area (TPSA) is 87.3 Å². The first kappa shape index (κ1) is 18.8. The summed E-state index contributed by atoms with van der Waals surface area (Å²) in [6, 6.07) is 11.7. The highest BCUT2D eigenvalue weighted by molar-refractivity contribution is 5.86. The van der Waals surface area contributed by atoms with Gasteiger partial charge < -0.3 is 19.7 Å². The number of rotatable bonds is 3. The van der Waals surface area contributed by atoms with Gasteiger partial charge in [0.25, 0.3) is 0 Å². The van der Waals surface area contributed by atoms with Crippen molar-refractivity contribution in [2.75, 3.05) is 24.5 Å². The molecule has 1 aromatic carbocycles. The zero-order valence-corrected chi connectivity index (χ0v) is 17.4. The Bertz CT molecular complexity index is 1230. The fourth-order valence-corrected chi connectivity index (χ4v) is 4.04. The van der Waals surface area contributed by atoms with E-state index in [0.717, 1.165) is 36.5 Å². The van der Waals surface area contributed by atoms with Crippen LogP contribution in [-0.4, -0.2) is 45.7 Å². The largest absolute Gasteiger partial charge is 0.507 e. The maximum atomic E-state index is 10.5. The minimum absolute atomic E-state index is 0.132. The molecule has 0 radical (unpaired) electrons. The smallest absolute Gasteiger partial charge is 0.192 e. The average Bonchev–Trinajstić information content (AvgIpc) is 3.11. The van der Waals surface area contributed by atoms with Gasteiger partial charge in [0.05, 0.1) is 16.7 Å². The number of pyridine rings is 2. The van der Waals surface area contributed by atoms with E-state index >= 15 is 0 Å². The van der Waals surface area contributed by atoms with Crippen molar-refractivity contribution >= 4 is 28.0 Å². The Morgan fingerprint density at radius 1 is 1.07 bits per heavy atom. The quantitative estimate of drug-likeness (QED) is 0.537. The fraction of sp³-hybridized carbons (Fsp3) is 0.348. The normalized spacial score (nSPS) is 17.3. The second kappa shape index (κ2) is 7.25. The van der Waals surface area contributed by atoms with E-state index in [1.165, 1.54) is 0 Å². The van der Waals surface area contributed by atoms with Gasteiger partial charge in [0.15, 0.2) is 11.5 Å². The van der Waals surface area contributed by atoms with Crippen molar-refractivity contribution in [3.8, 4) is 17.0 Å². The Kier molecular flexibility index (Phi) is 4.55. The van der Waals surface area contributed by atoms with Crippen molar-refractivity contribution in [1.82, 2.24) is 20.3 Å². The Labute approximate surface area is 174 Å². The van der Waals surface area contributed by atoms with Crippen molar-refractivity contribution < 1.29 is 9.52 Å². The molecule has 1 aliphatic heterocycles. The lowest BCUT2D eigenvalue weighted by atomic mass is 10.0. The zero-order valence-electron chi connectivity index (χ0n) is 17.4. The van der Waals surface area contributed by atoms with Gasteiger partial charge in [0, 0.05) is 44.2 Å². The van der Waals surface area contributed by atoms with Crippen LogP contribution in [0.2, 0.25) is 0 Å². The fourth-order valence-electron chi connectivity index (χ4n) is 4.04. The van der Waals surface area contributed by atoms with Gasteiger partial charge in [-0.2, -0.15) is 0 Å². The van der Waals surface area contributed by atoms with E-state index in [4.69, 9.17) is 14.4 Å². The van der Waals surface area contributed by atoms with Crippen LogP contribution in [0.5, 0.6) is 5.75 Å². The van der Waals surface area contributed by atoms with Gasteiger partial charge in [0.1, 0.15) is 17.1 Å². The number of aromatic hydroxyl groups is 1. The molecule has 1 fully saturated rings. The van der Waals surface area contributed by atoms with Crippen molar-refractivity contribution in [2.24, 2.45) is 5.92 Å². The first-order valence-corrected chi connectivity index (χ1v) is 10.3. The highest BCUT2D eigenvalue weighted by Crippen LogP contribution is 2.33. The third-order valence-electron chi connectivity index (χ3n) is 5.75. The van der Waals surface area contributed by atoms with Crippen LogP contribution in [0.15, 0.2) is 40.8 Å². The highest BCUT2D eigenvalue weighted by atomic mass is 16.3. The molecule has 5 rings (SSSR count). The number of aryl methyl sites for hydroxylation is 1. The van der Waals surface area contributed by atoms with E-state index in [-0.39, 0.29) is 5.75 Å². The summed E-state index contributed by atoms with van der Waals surface area (Å²) >= 11 is 0. The molecule has 4 aromatic rings. The molecular weight excluding hydrogens is 378 g/mol. The molecule has 1 aliphatic rings. The van der Waals surface area contributed by atoms with Gasteiger partial charge in [-0.05, 0) is 36.2 Å². The van der Waals surface area contributed by atoms with Gasteiger partial charge >= 0.3 is 0 Å². The molecule has 3 aromatic heterocycles. The van der Waals surface area contributed by atoms with E-state index < -0.39 is 0 Å². The number of nitrogens with zero attached hydrogens (tertiary/aromatic N) is 4. The molecule has 2 N–H and O–H groups in total. The Morgan fingerprint density at radius 3 is 2.70 bits per heavy atom. The maximum Gasteiger partial charge on any atom is 0.192 e. The standard InChI is InChI=1S/C23H25N5O2/c1-13(2)20-12-28(9-8-24-20)23-7-6-17-18(27-23)5-4-16(26-17)15-10-22-19(11-21(15)29)25-14(3)30-22/h4-7,10-11,13,20,24,29H,8-9,12H2,1-3H3/t20-/m1/s1. The molecule has 0 saturated carbocycles. The van der Waals surface area contributed by atoms with Gasteiger partial charge in [-0.3, -0.25) is 0 Å². The molecule has 0 unspecified atom stereocenters. The number of hydrogen-bond donors (Lipinski definition) is 2. The molecule has 0 aliphatic carbocycles. The lowest BCUT2D eigenvalue weighted by Crippen LogP contribution is -2.53. The number of nitrogens with one attached hydrogen (secondary N) is 1. The van der Waals surface area contributed by atoms with Gasteiger partial charge in [-0.1, -0.05) is 13.8 Å². The van der Waals surface area contributed by atoms with Crippen LogP contribution in [0, 0.1) is 12.8 Å². The second-order valence-corrected chi connectivity index (χ2v) is 8.22. The number of phenols is 1. The number of anilines is 1. The summed E-state index contributed by atoms with van der Waals surface area (Å²) in [6.45, 7) is 9.13. The van der Waals surface area contributed by atoms with Crippen molar-refractivity contribution in [3.05, 3.63) is 42.3 Å². The third kappa shape index (κ3) is 3.35. The Hall–Kier alpha value is -3.19. The molecule has 1 atom stereocenters. The van der Waals surface area contributed by atoms with E-state index in [1.807, 2.05) is 24.3 Å².